The maximum atomic E-state index is 5.80. The van der Waals surface area contributed by atoms with Crippen molar-refractivity contribution >= 4 is 11.0 Å². The van der Waals surface area contributed by atoms with E-state index < -0.39 is 0 Å². The van der Waals surface area contributed by atoms with Crippen LogP contribution in [0.25, 0.3) is 11.0 Å². The molecule has 1 aliphatic heterocycles. The second-order valence-electron chi connectivity index (χ2n) is 4.79. The van der Waals surface area contributed by atoms with Crippen molar-refractivity contribution in [3.8, 4) is 5.88 Å². The second-order valence-corrected chi connectivity index (χ2v) is 4.79. The summed E-state index contributed by atoms with van der Waals surface area (Å²) in [4.78, 5) is 4.37. The predicted molar refractivity (Wildman–Crippen MR) is 67.7 cm³/mol. The molecule has 2 aromatic rings. The molecule has 3 rings (SSSR count). The minimum Gasteiger partial charge on any atom is -0.475 e. The number of pyridine rings is 1. The zero-order chi connectivity index (χ0) is 12.5. The third-order valence-electron chi connectivity index (χ3n) is 3.37. The molecule has 2 aromatic heterocycles. The fraction of sp³-hybridized carbons (Fsp3) is 0.538. The lowest BCUT2D eigenvalue weighted by molar-refractivity contribution is 0.165. The van der Waals surface area contributed by atoms with E-state index in [0.29, 0.717) is 18.4 Å². The van der Waals surface area contributed by atoms with Crippen molar-refractivity contribution in [3.63, 3.8) is 0 Å². The molecule has 0 aromatic carbocycles. The van der Waals surface area contributed by atoms with E-state index in [0.717, 1.165) is 36.2 Å². The smallest absolute Gasteiger partial charge is 0.259 e. The SMILES string of the molecule is Cc1ccnc2c(OCC3CCOC3)nn(C)c12. The van der Waals surface area contributed by atoms with Gasteiger partial charge in [-0.15, -0.1) is 5.10 Å². The van der Waals surface area contributed by atoms with Crippen LogP contribution in [0.5, 0.6) is 5.88 Å². The zero-order valence-electron chi connectivity index (χ0n) is 10.7. The monoisotopic (exact) mass is 247 g/mol. The van der Waals surface area contributed by atoms with E-state index in [2.05, 4.69) is 17.0 Å². The summed E-state index contributed by atoms with van der Waals surface area (Å²) in [7, 11) is 1.92. The van der Waals surface area contributed by atoms with Crippen LogP contribution >= 0.6 is 0 Å². The molecule has 1 aliphatic rings. The molecule has 0 N–H and O–H groups in total. The van der Waals surface area contributed by atoms with Crippen molar-refractivity contribution in [1.29, 1.82) is 0 Å². The molecule has 96 valence electrons. The van der Waals surface area contributed by atoms with Gasteiger partial charge in [-0.1, -0.05) is 0 Å². The molecule has 0 saturated carbocycles. The van der Waals surface area contributed by atoms with E-state index in [1.54, 1.807) is 6.20 Å². The Morgan fingerprint density at radius 1 is 1.56 bits per heavy atom. The molecule has 5 nitrogen and oxygen atoms in total. The number of rotatable bonds is 3. The van der Waals surface area contributed by atoms with Crippen molar-refractivity contribution in [1.82, 2.24) is 14.8 Å². The summed E-state index contributed by atoms with van der Waals surface area (Å²) in [5, 5.41) is 4.40. The van der Waals surface area contributed by atoms with E-state index in [4.69, 9.17) is 9.47 Å². The maximum Gasteiger partial charge on any atom is 0.259 e. The molecule has 0 spiro atoms. The van der Waals surface area contributed by atoms with Crippen LogP contribution in [0, 0.1) is 12.8 Å². The summed E-state index contributed by atoms with van der Waals surface area (Å²) in [5.74, 6) is 1.11. The predicted octanol–water partition coefficient (Wildman–Crippen LogP) is 1.69. The van der Waals surface area contributed by atoms with E-state index in [1.165, 1.54) is 0 Å². The average Bonchev–Trinajstić information content (AvgIpc) is 2.96. The summed E-state index contributed by atoms with van der Waals surface area (Å²) >= 11 is 0. The van der Waals surface area contributed by atoms with Crippen molar-refractivity contribution in [2.45, 2.75) is 13.3 Å². The van der Waals surface area contributed by atoms with E-state index in [-0.39, 0.29) is 0 Å². The second kappa shape index (κ2) is 4.57. The maximum absolute atomic E-state index is 5.80. The number of nitrogens with zero attached hydrogens (tertiary/aromatic N) is 3. The Morgan fingerprint density at radius 2 is 2.44 bits per heavy atom. The molecule has 18 heavy (non-hydrogen) atoms. The molecular formula is C13H17N3O2. The summed E-state index contributed by atoms with van der Waals surface area (Å²) in [5.41, 5.74) is 3.04. The van der Waals surface area contributed by atoms with Crippen molar-refractivity contribution in [2.75, 3.05) is 19.8 Å². The van der Waals surface area contributed by atoms with E-state index in [9.17, 15) is 0 Å². The quantitative estimate of drug-likeness (QED) is 0.828. The lowest BCUT2D eigenvalue weighted by Crippen LogP contribution is -2.12. The van der Waals surface area contributed by atoms with Gasteiger partial charge in [0.15, 0.2) is 5.52 Å². The third-order valence-corrected chi connectivity index (χ3v) is 3.37. The summed E-state index contributed by atoms with van der Waals surface area (Å²) in [6.07, 6.45) is 2.86. The largest absolute Gasteiger partial charge is 0.475 e. The molecular weight excluding hydrogens is 230 g/mol. The van der Waals surface area contributed by atoms with Crippen LogP contribution < -0.4 is 4.74 Å². The van der Waals surface area contributed by atoms with Gasteiger partial charge < -0.3 is 9.47 Å². The summed E-state index contributed by atoms with van der Waals surface area (Å²) in [6, 6.07) is 1.98. The van der Waals surface area contributed by atoms with E-state index >= 15 is 0 Å². The molecule has 0 amide bonds. The number of aryl methyl sites for hydroxylation is 2. The lowest BCUT2D eigenvalue weighted by Gasteiger charge is -2.07. The Hall–Kier alpha value is -1.62. The molecule has 1 atom stereocenters. The highest BCUT2D eigenvalue weighted by atomic mass is 16.5. The number of hydrogen-bond donors (Lipinski definition) is 0. The Kier molecular flexibility index (Phi) is 2.91. The van der Waals surface area contributed by atoms with Gasteiger partial charge in [-0.2, -0.15) is 0 Å². The van der Waals surface area contributed by atoms with Gasteiger partial charge in [0.05, 0.1) is 18.7 Å². The van der Waals surface area contributed by atoms with Gasteiger partial charge in [0.25, 0.3) is 5.88 Å². The molecule has 3 heterocycles. The fourth-order valence-electron chi connectivity index (χ4n) is 2.36. The standard InChI is InChI=1S/C13H17N3O2/c1-9-3-5-14-11-12(9)16(2)15-13(11)18-8-10-4-6-17-7-10/h3,5,10H,4,6-8H2,1-2H3. The van der Waals surface area contributed by atoms with Gasteiger partial charge in [0, 0.05) is 25.8 Å². The highest BCUT2D eigenvalue weighted by molar-refractivity contribution is 5.82. The highest BCUT2D eigenvalue weighted by Gasteiger charge is 2.19. The Balaban J connectivity index is 1.85. The molecule has 5 heteroatoms. The molecule has 0 aliphatic carbocycles. The van der Waals surface area contributed by atoms with Crippen LogP contribution in [0.15, 0.2) is 12.3 Å². The van der Waals surface area contributed by atoms with Gasteiger partial charge >= 0.3 is 0 Å². The molecule has 1 fully saturated rings. The third kappa shape index (κ3) is 1.95. The number of fused-ring (bicyclic) bond motifs is 1. The van der Waals surface area contributed by atoms with Crippen LogP contribution in [-0.2, 0) is 11.8 Å². The summed E-state index contributed by atoms with van der Waals surface area (Å²) in [6.45, 7) is 4.34. The van der Waals surface area contributed by atoms with Crippen LogP contribution in [0.2, 0.25) is 0 Å². The molecule has 1 unspecified atom stereocenters. The van der Waals surface area contributed by atoms with Crippen LogP contribution in [-0.4, -0.2) is 34.6 Å². The van der Waals surface area contributed by atoms with Crippen molar-refractivity contribution in [2.24, 2.45) is 13.0 Å². The first-order valence-corrected chi connectivity index (χ1v) is 6.24. The average molecular weight is 247 g/mol. The normalized spacial score (nSPS) is 19.6. The fourth-order valence-corrected chi connectivity index (χ4v) is 2.36. The zero-order valence-corrected chi connectivity index (χ0v) is 10.7. The Bertz CT molecular complexity index is 559. The molecule has 0 bridgehead atoms. The van der Waals surface area contributed by atoms with Gasteiger partial charge in [0.1, 0.15) is 0 Å². The van der Waals surface area contributed by atoms with Gasteiger partial charge in [-0.3, -0.25) is 4.68 Å². The first-order valence-electron chi connectivity index (χ1n) is 6.24. The number of ether oxygens (including phenoxy) is 2. The van der Waals surface area contributed by atoms with Gasteiger partial charge in [0.2, 0.25) is 0 Å². The highest BCUT2D eigenvalue weighted by Crippen LogP contribution is 2.25. The number of hydrogen-bond acceptors (Lipinski definition) is 4. The van der Waals surface area contributed by atoms with Gasteiger partial charge in [-0.05, 0) is 25.0 Å². The van der Waals surface area contributed by atoms with E-state index in [1.807, 2.05) is 17.8 Å². The minimum atomic E-state index is 0.479. The van der Waals surface area contributed by atoms with Crippen molar-refractivity contribution < 1.29 is 9.47 Å². The topological polar surface area (TPSA) is 49.2 Å². The summed E-state index contributed by atoms with van der Waals surface area (Å²) < 4.78 is 13.0. The number of aromatic nitrogens is 3. The lowest BCUT2D eigenvalue weighted by atomic mass is 10.1. The van der Waals surface area contributed by atoms with Gasteiger partial charge in [-0.25, -0.2) is 4.98 Å². The molecule has 1 saturated heterocycles. The molecule has 0 radical (unpaired) electrons. The Labute approximate surface area is 106 Å². The van der Waals surface area contributed by atoms with Crippen LogP contribution in [0.1, 0.15) is 12.0 Å². The first kappa shape index (κ1) is 11.5. The van der Waals surface area contributed by atoms with Crippen LogP contribution in [0.4, 0.5) is 0 Å². The van der Waals surface area contributed by atoms with Crippen molar-refractivity contribution in [3.05, 3.63) is 17.8 Å². The Morgan fingerprint density at radius 3 is 3.22 bits per heavy atom. The minimum absolute atomic E-state index is 0.479. The first-order chi connectivity index (χ1) is 8.75. The van der Waals surface area contributed by atoms with Crippen LogP contribution in [0.3, 0.4) is 0 Å².